The number of morpholine rings is 1. The quantitative estimate of drug-likeness (QED) is 0.0361. The molecule has 4 heterocycles. The van der Waals surface area contributed by atoms with Crippen molar-refractivity contribution < 1.29 is 89.0 Å². The van der Waals surface area contributed by atoms with Crippen LogP contribution >= 0.6 is 11.3 Å². The molecule has 77 heavy (non-hydrogen) atoms. The van der Waals surface area contributed by atoms with Gasteiger partial charge in [-0.1, -0.05) is 50.2 Å². The molecule has 3 aliphatic rings. The van der Waals surface area contributed by atoms with E-state index >= 15 is 4.39 Å². The SMILES string of the molecule is COc1cccc(CN(CCNCCc2ccc(O)c3c2OCC(=O)N3)C(=O)CCOCCc2cccc(CN3CCC4(CC3)CN(C(=O)c3csc(C(C)C)n3)CCO4)c2F)c1.O=C(O)C(F)(F)F.O=C(O)C(F)(F)F. The van der Waals surface area contributed by atoms with E-state index in [1.54, 1.807) is 24.1 Å². The molecule has 3 amide bonds. The fraction of sp³-hybridized carbons (Fsp3) is 0.490. The minimum absolute atomic E-state index is 0.0396. The fourth-order valence-electron chi connectivity index (χ4n) is 8.30. The van der Waals surface area contributed by atoms with Crippen LogP contribution in [0.4, 0.5) is 36.4 Å². The molecule has 7 rings (SSSR count). The number of ether oxygens (including phenoxy) is 4. The minimum atomic E-state index is -5.08. The van der Waals surface area contributed by atoms with Crippen molar-refractivity contribution in [3.05, 3.63) is 98.7 Å². The average molecular weight is 1120 g/mol. The number of hydrogen-bond donors (Lipinski definition) is 5. The summed E-state index contributed by atoms with van der Waals surface area (Å²) in [6.07, 6.45) is -7.51. The lowest BCUT2D eigenvalue weighted by atomic mass is 9.89. The maximum Gasteiger partial charge on any atom is 0.490 e. The first-order chi connectivity index (χ1) is 36.4. The molecule has 0 saturated carbocycles. The summed E-state index contributed by atoms with van der Waals surface area (Å²) in [5.74, 6) is -4.74. The Kier molecular flexibility index (Phi) is 22.4. The van der Waals surface area contributed by atoms with Crippen LogP contribution < -0.4 is 20.1 Å². The molecule has 0 atom stereocenters. The van der Waals surface area contributed by atoms with Crippen molar-refractivity contribution in [3.63, 3.8) is 0 Å². The van der Waals surface area contributed by atoms with Gasteiger partial charge in [-0.25, -0.2) is 19.0 Å². The molecule has 0 aliphatic carbocycles. The van der Waals surface area contributed by atoms with Gasteiger partial charge in [-0.05, 0) is 67.1 Å². The van der Waals surface area contributed by atoms with E-state index in [2.05, 4.69) is 34.4 Å². The number of carboxylic acid groups (broad SMARTS) is 2. The number of piperidine rings is 1. The van der Waals surface area contributed by atoms with Crippen molar-refractivity contribution >= 4 is 46.7 Å². The molecule has 0 unspecified atom stereocenters. The fourth-order valence-corrected chi connectivity index (χ4v) is 9.11. The number of carbonyl (C=O) groups excluding carboxylic acids is 3. The maximum atomic E-state index is 15.8. The molecular formula is C51H61F7N6O12S. The number of aromatic hydroxyl groups is 1. The van der Waals surface area contributed by atoms with Crippen LogP contribution in [0.3, 0.4) is 0 Å². The summed E-state index contributed by atoms with van der Waals surface area (Å²) in [7, 11) is 1.61. The van der Waals surface area contributed by atoms with Crippen molar-refractivity contribution in [1.29, 1.82) is 0 Å². The number of carboxylic acids is 2. The van der Waals surface area contributed by atoms with Gasteiger partial charge < -0.3 is 54.7 Å². The molecule has 26 heteroatoms. The van der Waals surface area contributed by atoms with Gasteiger partial charge in [0.2, 0.25) is 5.91 Å². The number of thiazole rings is 1. The number of amides is 3. The van der Waals surface area contributed by atoms with Crippen LogP contribution in [0.2, 0.25) is 0 Å². The number of hydrogen-bond acceptors (Lipinski definition) is 14. The molecule has 4 aromatic rings. The first-order valence-corrected chi connectivity index (χ1v) is 25.2. The Morgan fingerprint density at radius 3 is 2.25 bits per heavy atom. The molecule has 1 aromatic heterocycles. The molecule has 2 fully saturated rings. The van der Waals surface area contributed by atoms with Crippen molar-refractivity contribution in [2.75, 3.05) is 84.7 Å². The van der Waals surface area contributed by atoms with Gasteiger partial charge in [0.1, 0.15) is 28.7 Å². The molecule has 3 aromatic carbocycles. The molecular weight excluding hydrogens is 1050 g/mol. The van der Waals surface area contributed by atoms with E-state index < -0.39 is 29.9 Å². The lowest BCUT2D eigenvalue weighted by Crippen LogP contribution is -2.58. The number of nitrogens with zero attached hydrogens (tertiary/aromatic N) is 4. The zero-order chi connectivity index (χ0) is 56.5. The summed E-state index contributed by atoms with van der Waals surface area (Å²) in [4.78, 5) is 67.0. The molecule has 5 N–H and O–H groups in total. The van der Waals surface area contributed by atoms with Gasteiger partial charge in [-0.2, -0.15) is 26.3 Å². The number of methoxy groups -OCH3 is 1. The first-order valence-electron chi connectivity index (χ1n) is 24.3. The highest BCUT2D eigenvalue weighted by atomic mass is 32.1. The number of alkyl halides is 6. The van der Waals surface area contributed by atoms with Gasteiger partial charge in [-0.3, -0.25) is 19.3 Å². The average Bonchev–Trinajstić information content (AvgIpc) is 3.89. The first kappa shape index (κ1) is 61.2. The highest BCUT2D eigenvalue weighted by Crippen LogP contribution is 2.39. The molecule has 422 valence electrons. The van der Waals surface area contributed by atoms with Crippen LogP contribution in [0.1, 0.15) is 76.8 Å². The second-order valence-corrected chi connectivity index (χ2v) is 19.2. The number of benzene rings is 3. The number of carbonyl (C=O) groups is 5. The van der Waals surface area contributed by atoms with Crippen LogP contribution in [-0.2, 0) is 54.6 Å². The van der Waals surface area contributed by atoms with Crippen LogP contribution in [0.5, 0.6) is 17.2 Å². The predicted molar refractivity (Wildman–Crippen MR) is 265 cm³/mol. The molecule has 1 spiro atoms. The van der Waals surface area contributed by atoms with Crippen molar-refractivity contribution in [2.45, 2.75) is 82.9 Å². The highest BCUT2D eigenvalue weighted by Gasteiger charge is 2.42. The number of phenolic OH excluding ortho intramolecular Hbond substituents is 1. The summed E-state index contributed by atoms with van der Waals surface area (Å²) in [5, 5.41) is 33.3. The van der Waals surface area contributed by atoms with E-state index in [0.717, 1.165) is 42.1 Å². The van der Waals surface area contributed by atoms with E-state index in [-0.39, 0.29) is 67.1 Å². The number of rotatable bonds is 19. The van der Waals surface area contributed by atoms with Crippen molar-refractivity contribution in [3.8, 4) is 17.2 Å². The summed E-state index contributed by atoms with van der Waals surface area (Å²) < 4.78 is 103. The van der Waals surface area contributed by atoms with Crippen molar-refractivity contribution in [1.82, 2.24) is 25.0 Å². The second-order valence-electron chi connectivity index (χ2n) is 18.3. The Hall–Kier alpha value is -6.61. The van der Waals surface area contributed by atoms with Crippen LogP contribution in [0.15, 0.2) is 60.0 Å². The van der Waals surface area contributed by atoms with Gasteiger partial charge in [-0.15, -0.1) is 11.3 Å². The molecule has 18 nitrogen and oxygen atoms in total. The Labute approximate surface area is 443 Å². The van der Waals surface area contributed by atoms with Crippen LogP contribution in [0, 0.1) is 5.82 Å². The number of aromatic nitrogens is 1. The van der Waals surface area contributed by atoms with Crippen LogP contribution in [0.25, 0.3) is 0 Å². The standard InChI is InChI=1S/C47H59FN6O8S.2C2HF3O2/c1-32(2)45-50-38(30-63-45)46(58)54-22-25-62-47(31-54)15-19-52(20-16-47)28-36-8-5-7-34(42(36)48)13-23-60-24-14-41(57)53(27-33-6-4-9-37(26-33)59-3)21-18-49-17-12-35-10-11-39(55)43-44(35)61-29-40(56)51-43;2*3-2(4,5)1(6)7/h4-11,26,30,32,49,55H,12-25,27-29,31H2,1-3H3,(H,51,56);2*(H,6,7). The lowest BCUT2D eigenvalue weighted by Gasteiger charge is -2.47. The number of phenols is 1. The van der Waals surface area contributed by atoms with Gasteiger partial charge >= 0.3 is 24.3 Å². The summed E-state index contributed by atoms with van der Waals surface area (Å²) in [6, 6.07) is 16.5. The number of likely N-dealkylation sites (tertiary alicyclic amines) is 1. The van der Waals surface area contributed by atoms with E-state index in [1.807, 2.05) is 46.7 Å². The zero-order valence-electron chi connectivity index (χ0n) is 42.4. The monoisotopic (exact) mass is 1110 g/mol. The summed E-state index contributed by atoms with van der Waals surface area (Å²) >= 11 is 1.53. The molecule has 0 bridgehead atoms. The minimum Gasteiger partial charge on any atom is -0.506 e. The third kappa shape index (κ3) is 18.5. The Bertz CT molecular complexity index is 2620. The van der Waals surface area contributed by atoms with E-state index in [1.165, 1.54) is 17.4 Å². The van der Waals surface area contributed by atoms with Gasteiger partial charge in [0.05, 0.1) is 50.5 Å². The summed E-state index contributed by atoms with van der Waals surface area (Å²) in [5.41, 5.74) is 3.39. The molecule has 3 aliphatic heterocycles. The largest absolute Gasteiger partial charge is 0.506 e. The highest BCUT2D eigenvalue weighted by molar-refractivity contribution is 7.09. The number of aliphatic carboxylic acids is 2. The third-order valence-electron chi connectivity index (χ3n) is 12.4. The Balaban J connectivity index is 0.000000688. The molecule has 2 saturated heterocycles. The normalized spacial score (nSPS) is 15.3. The van der Waals surface area contributed by atoms with E-state index in [9.17, 15) is 45.8 Å². The predicted octanol–water partition coefficient (Wildman–Crippen LogP) is 7.03. The summed E-state index contributed by atoms with van der Waals surface area (Å²) in [6.45, 7) is 10.0. The van der Waals surface area contributed by atoms with Crippen LogP contribution in [-0.4, -0.2) is 162 Å². The smallest absolute Gasteiger partial charge is 0.490 e. The Morgan fingerprint density at radius 2 is 1.60 bits per heavy atom. The Morgan fingerprint density at radius 1 is 0.922 bits per heavy atom. The van der Waals surface area contributed by atoms with Gasteiger partial charge in [0.25, 0.3) is 11.8 Å². The number of nitrogens with one attached hydrogen (secondary N) is 2. The maximum absolute atomic E-state index is 15.8. The van der Waals surface area contributed by atoms with Crippen molar-refractivity contribution in [2.24, 2.45) is 0 Å². The van der Waals surface area contributed by atoms with E-state index in [4.69, 9.17) is 38.7 Å². The van der Waals surface area contributed by atoms with Gasteiger partial charge in [0, 0.05) is 62.7 Å². The van der Waals surface area contributed by atoms with Gasteiger partial charge in [0.15, 0.2) is 12.4 Å². The lowest BCUT2D eigenvalue weighted by molar-refractivity contribution is -0.193. The number of anilines is 1. The van der Waals surface area contributed by atoms with E-state index in [0.29, 0.717) is 93.6 Å². The topological polar surface area (TPSA) is 230 Å². The number of fused-ring (bicyclic) bond motifs is 1. The second kappa shape index (κ2) is 28.1. The third-order valence-corrected chi connectivity index (χ3v) is 13.5. The zero-order valence-corrected chi connectivity index (χ0v) is 43.3. The molecule has 0 radical (unpaired) electrons. The number of halogens is 7.